The van der Waals surface area contributed by atoms with Crippen LogP contribution in [0.4, 0.5) is 0 Å². The van der Waals surface area contributed by atoms with E-state index in [1.165, 1.54) is 56.1 Å². The van der Waals surface area contributed by atoms with Gasteiger partial charge in [-0.1, -0.05) is 67.9 Å². The molecule has 4 fully saturated rings. The molecule has 88 heavy (non-hydrogen) atoms. The van der Waals surface area contributed by atoms with Crippen LogP contribution >= 0.6 is 0 Å². The van der Waals surface area contributed by atoms with Gasteiger partial charge in [-0.05, 0) is 74.3 Å². The molecule has 0 radical (unpaired) electrons. The van der Waals surface area contributed by atoms with E-state index < -0.39 is 170 Å². The summed E-state index contributed by atoms with van der Waals surface area (Å²) in [5.74, 6) is -7.85. The first-order chi connectivity index (χ1) is 41.3. The Morgan fingerprint density at radius 3 is 1.98 bits per heavy atom. The second-order valence-electron chi connectivity index (χ2n) is 24.7. The van der Waals surface area contributed by atoms with Crippen molar-refractivity contribution in [2.24, 2.45) is 17.8 Å². The number of hydrogen-bond donors (Lipinski definition) is 5. The van der Waals surface area contributed by atoms with Gasteiger partial charge in [-0.15, -0.1) is 0 Å². The van der Waals surface area contributed by atoms with Crippen molar-refractivity contribution < 1.29 is 116 Å². The molecule has 0 amide bonds. The Hall–Kier alpha value is -4.06. The first-order valence-electron chi connectivity index (χ1n) is 30.6. The van der Waals surface area contributed by atoms with Crippen LogP contribution in [0.1, 0.15) is 135 Å². The SMILES string of the molecule is COC[C@@H](CC1O[C@@](O)([C@H](OC(C)=O)C2C[C@H](OC)[C@@H](O)CC/C=C(C)/C=C/[C@@H](O[C@@H]3O[C@@H](C)[C@H](OC)[C@@H](OC(C)=O)[C@@H]3OC(C)=O)[C@H](C)/C=C(C)/C=C(C)/C=C(\C)C(=O)O2)[C@H](C)[C@@H](O)[C@H]1C)O[C@H]1CC(C)(O)[C@@H](O[C@H]2C[C@@H](OC)[C@H](O)[C@@H](C)O2)[C@H](C)O1. The van der Waals surface area contributed by atoms with Gasteiger partial charge in [0.05, 0.1) is 73.2 Å². The normalized spacial score (nSPS) is 42.9. The summed E-state index contributed by atoms with van der Waals surface area (Å²) < 4.78 is 90.9. The number of esters is 4. The second kappa shape index (κ2) is 33.5. The van der Waals surface area contributed by atoms with Crippen LogP contribution in [0, 0.1) is 17.8 Å². The topological polar surface area (TPSA) is 308 Å². The molecular formula is C64H102O24. The van der Waals surface area contributed by atoms with Crippen molar-refractivity contribution >= 4 is 23.9 Å². The third-order valence-corrected chi connectivity index (χ3v) is 17.2. The summed E-state index contributed by atoms with van der Waals surface area (Å²) in [4.78, 5) is 52.6. The number of aliphatic hydroxyl groups is 5. The smallest absolute Gasteiger partial charge is 0.334 e. The molecule has 502 valence electrons. The minimum absolute atomic E-state index is 0.0263. The van der Waals surface area contributed by atoms with Gasteiger partial charge in [0.25, 0.3) is 0 Å². The first-order valence-corrected chi connectivity index (χ1v) is 30.6. The highest BCUT2D eigenvalue weighted by Crippen LogP contribution is 2.44. The average molecular weight is 1260 g/mol. The molecule has 0 aliphatic carbocycles. The molecule has 5 aliphatic heterocycles. The van der Waals surface area contributed by atoms with Crippen LogP contribution in [0.2, 0.25) is 0 Å². The molecule has 5 heterocycles. The lowest BCUT2D eigenvalue weighted by molar-refractivity contribution is -0.366. The number of methoxy groups -OCH3 is 4. The van der Waals surface area contributed by atoms with E-state index >= 15 is 0 Å². The van der Waals surface area contributed by atoms with Gasteiger partial charge in [0, 0.05) is 98.2 Å². The zero-order valence-corrected chi connectivity index (χ0v) is 54.7. The molecule has 0 aromatic carbocycles. The minimum atomic E-state index is -2.57. The van der Waals surface area contributed by atoms with E-state index in [1.807, 2.05) is 51.2 Å². The largest absolute Gasteiger partial charge is 0.455 e. The lowest BCUT2D eigenvalue weighted by Gasteiger charge is -2.52. The van der Waals surface area contributed by atoms with Gasteiger partial charge in [-0.3, -0.25) is 14.4 Å². The standard InChI is InChI=1S/C64H102O24/c1-32-20-19-21-46(68)49(75-16)28-51(85-61(71)36(5)26-34(3)24-33(2)25-35(4)47(23-22-32)86-62-58(82-43(12)66)57(81-42(11)65)56(77-18)40(9)80-62)60(83-44(13)67)64(73)38(7)54(69)37(6)48(88-64)27-45(31-74-15)84-53-30-63(14,72)59(41(10)79-53)87-52-29-50(76-17)55(70)39(8)78-52/h20,22-26,35,37-41,45-60,62,68-70,72-73H,19,21,27-31H2,1-18H3/b23-22+,32-20+,33-25+,34-24+,36-26+/t35-,37+,38-,39-,40+,41+,45-,46+,47-,48?,49+,50-,51?,52+,53+,54+,55-,56+,57-,58+,59+,60-,62+,63?,64-/m1/s1. The van der Waals surface area contributed by atoms with E-state index in [4.69, 9.17) is 71.1 Å². The molecular weight excluding hydrogens is 1150 g/mol. The quantitative estimate of drug-likeness (QED) is 0.0859. The molecule has 3 unspecified atom stereocenters. The third-order valence-electron chi connectivity index (χ3n) is 17.2. The van der Waals surface area contributed by atoms with E-state index in [2.05, 4.69) is 0 Å². The fourth-order valence-electron chi connectivity index (χ4n) is 12.5. The van der Waals surface area contributed by atoms with Crippen LogP contribution in [0.5, 0.6) is 0 Å². The van der Waals surface area contributed by atoms with E-state index in [0.29, 0.717) is 12.0 Å². The van der Waals surface area contributed by atoms with Crippen LogP contribution < -0.4 is 0 Å². The van der Waals surface area contributed by atoms with Crippen molar-refractivity contribution in [1.82, 2.24) is 0 Å². The van der Waals surface area contributed by atoms with Crippen molar-refractivity contribution in [2.45, 2.75) is 269 Å². The maximum absolute atomic E-state index is 14.5. The summed E-state index contributed by atoms with van der Waals surface area (Å²) in [5, 5.41) is 59.5. The first kappa shape index (κ1) is 74.7. The Balaban J connectivity index is 1.45. The number of ether oxygens (including phenoxy) is 15. The number of rotatable bonds is 18. The number of cyclic esters (lactones) is 1. The van der Waals surface area contributed by atoms with Gasteiger partial charge in [-0.25, -0.2) is 4.79 Å². The number of carbonyl (C=O) groups excluding carboxylic acids is 4. The summed E-state index contributed by atoms with van der Waals surface area (Å²) in [6, 6.07) is 0. The van der Waals surface area contributed by atoms with Crippen molar-refractivity contribution in [3.05, 3.63) is 58.7 Å². The van der Waals surface area contributed by atoms with E-state index in [9.17, 15) is 44.7 Å². The number of aliphatic hydroxyl groups excluding tert-OH is 3. The Morgan fingerprint density at radius 1 is 0.727 bits per heavy atom. The Kier molecular flexibility index (Phi) is 28.4. The molecule has 0 aromatic rings. The maximum atomic E-state index is 14.5. The highest BCUT2D eigenvalue weighted by molar-refractivity contribution is 5.88. The fourth-order valence-corrected chi connectivity index (χ4v) is 12.5. The number of hydrogen-bond acceptors (Lipinski definition) is 24. The molecule has 0 saturated carbocycles. The highest BCUT2D eigenvalue weighted by Gasteiger charge is 2.60. The summed E-state index contributed by atoms with van der Waals surface area (Å²) >= 11 is 0. The maximum Gasteiger partial charge on any atom is 0.334 e. The van der Waals surface area contributed by atoms with E-state index in [-0.39, 0.29) is 50.2 Å². The predicted molar refractivity (Wildman–Crippen MR) is 316 cm³/mol. The third kappa shape index (κ3) is 20.0. The van der Waals surface area contributed by atoms with Crippen molar-refractivity contribution in [2.75, 3.05) is 35.0 Å². The van der Waals surface area contributed by atoms with Gasteiger partial charge in [0.15, 0.2) is 37.2 Å². The Labute approximate surface area is 519 Å². The fraction of sp³-hybridized carbons (Fsp3) is 0.781. The van der Waals surface area contributed by atoms with Crippen LogP contribution in [0.25, 0.3) is 0 Å². The van der Waals surface area contributed by atoms with Crippen LogP contribution in [-0.2, 0) is 90.2 Å². The molecule has 4 saturated heterocycles. The number of allylic oxidation sites excluding steroid dienone is 7. The summed E-state index contributed by atoms with van der Waals surface area (Å²) in [5.41, 5.74) is 0.764. The molecule has 5 N–H and O–H groups in total. The van der Waals surface area contributed by atoms with Crippen molar-refractivity contribution in [1.29, 1.82) is 0 Å². The van der Waals surface area contributed by atoms with Gasteiger partial charge < -0.3 is 96.6 Å². The van der Waals surface area contributed by atoms with Gasteiger partial charge in [0.2, 0.25) is 5.79 Å². The molecule has 24 nitrogen and oxygen atoms in total. The van der Waals surface area contributed by atoms with E-state index in [0.717, 1.165) is 18.1 Å². The average Bonchev–Trinajstić information content (AvgIpc) is 1.27. The van der Waals surface area contributed by atoms with Crippen LogP contribution in [0.3, 0.4) is 0 Å². The molecule has 5 rings (SSSR count). The van der Waals surface area contributed by atoms with Crippen molar-refractivity contribution in [3.8, 4) is 0 Å². The molecule has 25 atom stereocenters. The van der Waals surface area contributed by atoms with E-state index in [1.54, 1.807) is 47.6 Å². The molecule has 0 spiro atoms. The zero-order valence-electron chi connectivity index (χ0n) is 54.7. The lowest BCUT2D eigenvalue weighted by atomic mass is 9.76. The van der Waals surface area contributed by atoms with Crippen LogP contribution in [-0.4, -0.2) is 218 Å². The molecule has 0 bridgehead atoms. The monoisotopic (exact) mass is 1250 g/mol. The molecule has 0 aromatic heterocycles. The van der Waals surface area contributed by atoms with Gasteiger partial charge in [0.1, 0.15) is 24.4 Å². The van der Waals surface area contributed by atoms with Gasteiger partial charge >= 0.3 is 23.9 Å². The molecule has 24 heteroatoms. The summed E-state index contributed by atoms with van der Waals surface area (Å²) in [7, 11) is 5.77. The van der Waals surface area contributed by atoms with Crippen LogP contribution in [0.15, 0.2) is 58.7 Å². The Morgan fingerprint density at radius 2 is 1.38 bits per heavy atom. The summed E-state index contributed by atoms with van der Waals surface area (Å²) in [6.45, 7) is 22.6. The molecule has 5 aliphatic rings. The predicted octanol–water partition coefficient (Wildman–Crippen LogP) is 5.30. The second-order valence-corrected chi connectivity index (χ2v) is 24.7. The minimum Gasteiger partial charge on any atom is -0.455 e. The Bertz CT molecular complexity index is 2440. The van der Waals surface area contributed by atoms with Gasteiger partial charge in [-0.2, -0.15) is 0 Å². The lowest BCUT2D eigenvalue weighted by Crippen LogP contribution is -2.66. The summed E-state index contributed by atoms with van der Waals surface area (Å²) in [6.07, 6.45) is -8.80. The number of carbonyl (C=O) groups is 4. The highest BCUT2D eigenvalue weighted by atomic mass is 16.7. The van der Waals surface area contributed by atoms with Crippen molar-refractivity contribution in [3.63, 3.8) is 0 Å². The zero-order chi connectivity index (χ0) is 65.7.